The molecule has 0 spiro atoms. The van der Waals surface area contributed by atoms with E-state index < -0.39 is 24.1 Å². The molecule has 0 aliphatic carbocycles. The van der Waals surface area contributed by atoms with E-state index in [0.717, 1.165) is 0 Å². The summed E-state index contributed by atoms with van der Waals surface area (Å²) in [5.74, 6) is -0.821. The highest BCUT2D eigenvalue weighted by Gasteiger charge is 2.21. The van der Waals surface area contributed by atoms with E-state index in [4.69, 9.17) is 9.84 Å². The average molecular weight is 272 g/mol. The Kier molecular flexibility index (Phi) is 5.67. The number of urea groups is 1. The lowest BCUT2D eigenvalue weighted by Crippen LogP contribution is -2.47. The molecule has 10 nitrogen and oxygen atoms in total. The first-order chi connectivity index (χ1) is 9.04. The standard InChI is InChI=1S/C9H16N6O4/c1-5(7-12-14-15-13-7)10-9(18)11-6(8(16)17)3-4-19-2/h5-6H,3-4H2,1-2H3,(H,16,17)(H2,10,11,18)(H,12,13,14,15). The predicted molar refractivity (Wildman–Crippen MR) is 62.2 cm³/mol. The molecule has 1 heterocycles. The fourth-order valence-corrected chi connectivity index (χ4v) is 1.31. The van der Waals surface area contributed by atoms with Crippen molar-refractivity contribution in [3.8, 4) is 0 Å². The molecule has 4 N–H and O–H groups in total. The molecule has 1 rings (SSSR count). The average Bonchev–Trinajstić information content (AvgIpc) is 2.87. The molecule has 0 aromatic carbocycles. The summed E-state index contributed by atoms with van der Waals surface area (Å²) in [5.41, 5.74) is 0. The van der Waals surface area contributed by atoms with E-state index in [2.05, 4.69) is 31.3 Å². The maximum atomic E-state index is 11.6. The van der Waals surface area contributed by atoms with Crippen LogP contribution >= 0.6 is 0 Å². The van der Waals surface area contributed by atoms with Gasteiger partial charge in [0.1, 0.15) is 6.04 Å². The number of rotatable bonds is 7. The number of nitrogens with zero attached hydrogens (tertiary/aromatic N) is 3. The Bertz CT molecular complexity index is 409. The highest BCUT2D eigenvalue weighted by atomic mass is 16.5. The van der Waals surface area contributed by atoms with Crippen LogP contribution in [0.25, 0.3) is 0 Å². The molecule has 0 saturated heterocycles. The Morgan fingerprint density at radius 1 is 1.47 bits per heavy atom. The van der Waals surface area contributed by atoms with E-state index in [1.54, 1.807) is 6.92 Å². The number of hydrogen-bond acceptors (Lipinski definition) is 6. The number of aliphatic carboxylic acids is 1. The maximum absolute atomic E-state index is 11.6. The van der Waals surface area contributed by atoms with Crippen LogP contribution < -0.4 is 10.6 Å². The number of ether oxygens (including phenoxy) is 1. The molecule has 0 radical (unpaired) electrons. The second-order valence-electron chi connectivity index (χ2n) is 3.78. The molecule has 0 fully saturated rings. The number of carboxylic acids is 1. The first-order valence-electron chi connectivity index (χ1n) is 5.56. The number of aromatic nitrogens is 4. The first kappa shape index (κ1) is 14.8. The summed E-state index contributed by atoms with van der Waals surface area (Å²) < 4.78 is 4.78. The zero-order chi connectivity index (χ0) is 14.3. The van der Waals surface area contributed by atoms with E-state index >= 15 is 0 Å². The summed E-state index contributed by atoms with van der Waals surface area (Å²) in [6.45, 7) is 1.88. The minimum Gasteiger partial charge on any atom is -0.480 e. The normalized spacial score (nSPS) is 13.6. The van der Waals surface area contributed by atoms with Crippen LogP contribution in [0.15, 0.2) is 0 Å². The topological polar surface area (TPSA) is 142 Å². The van der Waals surface area contributed by atoms with Gasteiger partial charge in [-0.05, 0) is 6.92 Å². The van der Waals surface area contributed by atoms with Crippen LogP contribution in [0.2, 0.25) is 0 Å². The van der Waals surface area contributed by atoms with Gasteiger partial charge in [-0.25, -0.2) is 9.59 Å². The van der Waals surface area contributed by atoms with Crippen molar-refractivity contribution in [3.05, 3.63) is 5.82 Å². The van der Waals surface area contributed by atoms with Gasteiger partial charge in [0.15, 0.2) is 5.82 Å². The molecular formula is C9H16N6O4. The number of aromatic amines is 1. The van der Waals surface area contributed by atoms with Crippen LogP contribution in [-0.2, 0) is 9.53 Å². The Hall–Kier alpha value is -2.23. The van der Waals surface area contributed by atoms with Gasteiger partial charge >= 0.3 is 12.0 Å². The number of carbonyl (C=O) groups is 2. The second kappa shape index (κ2) is 7.26. The van der Waals surface area contributed by atoms with Crippen molar-refractivity contribution in [1.82, 2.24) is 31.3 Å². The number of nitrogens with one attached hydrogen (secondary N) is 3. The monoisotopic (exact) mass is 272 g/mol. The fraction of sp³-hybridized carbons (Fsp3) is 0.667. The second-order valence-corrected chi connectivity index (χ2v) is 3.78. The molecule has 0 saturated carbocycles. The van der Waals surface area contributed by atoms with E-state index in [1.807, 2.05) is 0 Å². The van der Waals surface area contributed by atoms with Gasteiger partial charge in [0.25, 0.3) is 0 Å². The Balaban J connectivity index is 2.46. The van der Waals surface area contributed by atoms with E-state index in [1.165, 1.54) is 7.11 Å². The van der Waals surface area contributed by atoms with Crippen molar-refractivity contribution < 1.29 is 19.4 Å². The van der Waals surface area contributed by atoms with Gasteiger partial charge in [0, 0.05) is 20.1 Å². The SMILES string of the molecule is COCCC(NC(=O)NC(C)c1nn[nH]n1)C(=O)O. The van der Waals surface area contributed by atoms with Crippen LogP contribution in [0.5, 0.6) is 0 Å². The lowest BCUT2D eigenvalue weighted by Gasteiger charge is -2.16. The third-order valence-corrected chi connectivity index (χ3v) is 2.31. The van der Waals surface area contributed by atoms with Crippen molar-refractivity contribution in [2.24, 2.45) is 0 Å². The number of tetrazole rings is 1. The molecule has 0 aliphatic rings. The summed E-state index contributed by atoms with van der Waals surface area (Å²) in [4.78, 5) is 22.5. The number of amides is 2. The van der Waals surface area contributed by atoms with E-state index in [-0.39, 0.29) is 13.0 Å². The van der Waals surface area contributed by atoms with Gasteiger partial charge in [-0.2, -0.15) is 5.21 Å². The molecular weight excluding hydrogens is 256 g/mol. The van der Waals surface area contributed by atoms with Crippen molar-refractivity contribution >= 4 is 12.0 Å². The number of carbonyl (C=O) groups excluding carboxylic acids is 1. The lowest BCUT2D eigenvalue weighted by atomic mass is 10.2. The van der Waals surface area contributed by atoms with Crippen molar-refractivity contribution in [2.75, 3.05) is 13.7 Å². The van der Waals surface area contributed by atoms with Crippen LogP contribution in [0.1, 0.15) is 25.2 Å². The number of carboxylic acid groups (broad SMARTS) is 1. The number of hydrogen-bond donors (Lipinski definition) is 4. The van der Waals surface area contributed by atoms with Gasteiger partial charge in [0.2, 0.25) is 0 Å². The zero-order valence-corrected chi connectivity index (χ0v) is 10.6. The first-order valence-corrected chi connectivity index (χ1v) is 5.56. The molecule has 0 aliphatic heterocycles. The molecule has 1 aromatic heterocycles. The molecule has 2 unspecified atom stereocenters. The molecule has 19 heavy (non-hydrogen) atoms. The van der Waals surface area contributed by atoms with Gasteiger partial charge in [-0.1, -0.05) is 5.21 Å². The minimum atomic E-state index is -1.13. The quantitative estimate of drug-likeness (QED) is 0.501. The van der Waals surface area contributed by atoms with Gasteiger partial charge in [0.05, 0.1) is 6.04 Å². The third kappa shape index (κ3) is 4.87. The highest BCUT2D eigenvalue weighted by molar-refractivity contribution is 5.82. The summed E-state index contributed by atoms with van der Waals surface area (Å²) in [5, 5.41) is 26.8. The summed E-state index contributed by atoms with van der Waals surface area (Å²) in [7, 11) is 1.46. The summed E-state index contributed by atoms with van der Waals surface area (Å²) in [6.07, 6.45) is 0.176. The van der Waals surface area contributed by atoms with Crippen molar-refractivity contribution in [2.45, 2.75) is 25.4 Å². The number of methoxy groups -OCH3 is 1. The Morgan fingerprint density at radius 2 is 2.21 bits per heavy atom. The Morgan fingerprint density at radius 3 is 2.74 bits per heavy atom. The largest absolute Gasteiger partial charge is 0.480 e. The van der Waals surface area contributed by atoms with Gasteiger partial charge < -0.3 is 20.5 Å². The highest BCUT2D eigenvalue weighted by Crippen LogP contribution is 2.02. The Labute approximate surface area is 108 Å². The smallest absolute Gasteiger partial charge is 0.326 e. The molecule has 2 atom stereocenters. The van der Waals surface area contributed by atoms with Crippen molar-refractivity contribution in [1.29, 1.82) is 0 Å². The van der Waals surface area contributed by atoms with Gasteiger partial charge in [-0.3, -0.25) is 0 Å². The van der Waals surface area contributed by atoms with Crippen LogP contribution in [0, 0.1) is 0 Å². The zero-order valence-electron chi connectivity index (χ0n) is 10.6. The molecule has 10 heteroatoms. The van der Waals surface area contributed by atoms with E-state index in [9.17, 15) is 9.59 Å². The third-order valence-electron chi connectivity index (χ3n) is 2.31. The molecule has 2 amide bonds. The summed E-state index contributed by atoms with van der Waals surface area (Å²) >= 11 is 0. The maximum Gasteiger partial charge on any atom is 0.326 e. The summed E-state index contributed by atoms with van der Waals surface area (Å²) in [6, 6.07) is -2.13. The van der Waals surface area contributed by atoms with Gasteiger partial charge in [-0.15, -0.1) is 10.2 Å². The van der Waals surface area contributed by atoms with E-state index in [0.29, 0.717) is 5.82 Å². The molecule has 1 aromatic rings. The van der Waals surface area contributed by atoms with Crippen LogP contribution in [0.4, 0.5) is 4.79 Å². The number of H-pyrrole nitrogens is 1. The molecule has 0 bridgehead atoms. The fourth-order valence-electron chi connectivity index (χ4n) is 1.31. The minimum absolute atomic E-state index is 0.176. The van der Waals surface area contributed by atoms with Crippen LogP contribution in [-0.4, -0.2) is 57.5 Å². The predicted octanol–water partition coefficient (Wildman–Crippen LogP) is -0.950. The molecule has 106 valence electrons. The lowest BCUT2D eigenvalue weighted by molar-refractivity contribution is -0.139. The van der Waals surface area contributed by atoms with Crippen molar-refractivity contribution in [3.63, 3.8) is 0 Å². The van der Waals surface area contributed by atoms with Crippen LogP contribution in [0.3, 0.4) is 0 Å².